The number of anilines is 2. The number of H-pyrrole nitrogens is 1. The van der Waals surface area contributed by atoms with Crippen LogP contribution in [-0.2, 0) is 0 Å². The van der Waals surface area contributed by atoms with Gasteiger partial charge in [0.2, 0.25) is 5.78 Å². The fourth-order valence-corrected chi connectivity index (χ4v) is 4.85. The Labute approximate surface area is 183 Å². The molecule has 1 aromatic carbocycles. The van der Waals surface area contributed by atoms with Crippen LogP contribution in [0.2, 0.25) is 0 Å². The zero-order valence-corrected chi connectivity index (χ0v) is 18.3. The van der Waals surface area contributed by atoms with Crippen LogP contribution in [0.15, 0.2) is 24.7 Å². The van der Waals surface area contributed by atoms with E-state index in [4.69, 9.17) is 0 Å². The summed E-state index contributed by atoms with van der Waals surface area (Å²) >= 11 is 1.44. The highest BCUT2D eigenvalue weighted by Crippen LogP contribution is 2.33. The number of nitrogens with zero attached hydrogens (tertiary/aromatic N) is 2. The van der Waals surface area contributed by atoms with Crippen LogP contribution in [0.3, 0.4) is 0 Å². The van der Waals surface area contributed by atoms with E-state index in [9.17, 15) is 9.18 Å². The average Bonchev–Trinajstić information content (AvgIpc) is 3.19. The van der Waals surface area contributed by atoms with Crippen molar-refractivity contribution in [1.82, 2.24) is 15.0 Å². The normalized spacial score (nSPS) is 14.9. The van der Waals surface area contributed by atoms with Gasteiger partial charge in [0.05, 0.1) is 22.2 Å². The summed E-state index contributed by atoms with van der Waals surface area (Å²) in [5, 5.41) is 3.95. The second-order valence-corrected chi connectivity index (χ2v) is 9.15. The van der Waals surface area contributed by atoms with Gasteiger partial charge in [-0.15, -0.1) is 0 Å². The van der Waals surface area contributed by atoms with E-state index in [1.165, 1.54) is 37.0 Å². The Morgan fingerprint density at radius 3 is 2.71 bits per heavy atom. The molecule has 31 heavy (non-hydrogen) atoms. The summed E-state index contributed by atoms with van der Waals surface area (Å²) in [6, 6.07) is 2.51. The molecule has 2 aromatic heterocycles. The first-order valence-electron chi connectivity index (χ1n) is 10.5. The lowest BCUT2D eigenvalue weighted by Gasteiger charge is -2.21. The Hall–Kier alpha value is -2.68. The van der Waals surface area contributed by atoms with Gasteiger partial charge in [0, 0.05) is 17.5 Å². The number of rotatable bonds is 7. The largest absolute Gasteiger partial charge is 0.367 e. The molecule has 4 rings (SSSR count). The molecular weight excluding hydrogens is 420 g/mol. The van der Waals surface area contributed by atoms with Crippen molar-refractivity contribution in [3.8, 4) is 0 Å². The van der Waals surface area contributed by atoms with Crippen molar-refractivity contribution in [1.29, 1.82) is 0 Å². The van der Waals surface area contributed by atoms with Crippen molar-refractivity contribution in [2.24, 2.45) is 0 Å². The number of hydrogen-bond donors (Lipinski definition) is 3. The number of carbonyl (C=O) groups is 1. The molecule has 0 bridgehead atoms. The molecule has 1 fully saturated rings. The fourth-order valence-electron chi connectivity index (χ4n) is 3.83. The Bertz CT molecular complexity index is 1090. The first kappa shape index (κ1) is 21.5. The first-order valence-corrected chi connectivity index (χ1v) is 11.4. The molecule has 3 aromatic rings. The zero-order chi connectivity index (χ0) is 22.0. The Kier molecular flexibility index (Phi) is 6.41. The third kappa shape index (κ3) is 4.51. The molecule has 0 amide bonds. The number of aromatic amines is 1. The van der Waals surface area contributed by atoms with E-state index in [0.29, 0.717) is 22.1 Å². The average molecular weight is 446 g/mol. The summed E-state index contributed by atoms with van der Waals surface area (Å²) < 4.78 is 32.9. The van der Waals surface area contributed by atoms with Crippen molar-refractivity contribution >= 4 is 40.3 Å². The maximum absolute atomic E-state index is 15.2. The summed E-state index contributed by atoms with van der Waals surface area (Å²) in [5.41, 5.74) is 0.0597. The van der Waals surface area contributed by atoms with E-state index in [1.54, 1.807) is 0 Å². The monoisotopic (exact) mass is 445 g/mol. The minimum Gasteiger partial charge on any atom is -0.367 e. The number of aromatic nitrogens is 3. The summed E-state index contributed by atoms with van der Waals surface area (Å²) in [6.07, 6.45) is 8.45. The highest BCUT2D eigenvalue weighted by molar-refractivity contribution is 8.01. The second-order valence-electron chi connectivity index (χ2n) is 8.04. The number of ketones is 1. The van der Waals surface area contributed by atoms with E-state index in [-0.39, 0.29) is 17.3 Å². The number of hydrogen-bond acceptors (Lipinski definition) is 6. The zero-order valence-electron chi connectivity index (χ0n) is 17.5. The van der Waals surface area contributed by atoms with E-state index >= 15 is 4.39 Å². The molecule has 164 valence electrons. The van der Waals surface area contributed by atoms with Gasteiger partial charge in [0.15, 0.2) is 5.82 Å². The predicted molar refractivity (Wildman–Crippen MR) is 121 cm³/mol. The number of carbonyl (C=O) groups excluding carboxylic acids is 1. The molecule has 0 aliphatic heterocycles. The lowest BCUT2D eigenvalue weighted by atomic mass is 10.0. The molecule has 0 radical (unpaired) electrons. The second kappa shape index (κ2) is 9.21. The summed E-state index contributed by atoms with van der Waals surface area (Å²) in [5.74, 6) is -2.11. The van der Waals surface area contributed by atoms with Gasteiger partial charge < -0.3 is 15.0 Å². The molecule has 0 atom stereocenters. The van der Waals surface area contributed by atoms with Gasteiger partial charge in [-0.3, -0.25) is 4.79 Å². The van der Waals surface area contributed by atoms with Crippen LogP contribution >= 0.6 is 11.9 Å². The maximum atomic E-state index is 15.2. The van der Waals surface area contributed by atoms with Gasteiger partial charge in [-0.1, -0.05) is 19.3 Å². The van der Waals surface area contributed by atoms with E-state index in [1.807, 2.05) is 13.8 Å². The lowest BCUT2D eigenvalue weighted by Crippen LogP contribution is -2.14. The molecule has 2 heterocycles. The minimum atomic E-state index is -0.903. The molecule has 1 aliphatic rings. The summed E-state index contributed by atoms with van der Waals surface area (Å²) in [7, 11) is 0. The molecule has 9 heteroatoms. The number of halogens is 2. The standard InChI is InChI=1S/C22H25F2N5OS/c1-12(2)28-22-17-14(10-25-21(17)26-11-27-22)20(30)18-15(23)8-9-16(19(18)24)29-31-13-6-4-3-5-7-13/h8-13,29H,3-7H2,1-2H3,(H2,25,26,27,28). The molecular formula is C22H25F2N5OS. The van der Waals surface area contributed by atoms with Gasteiger partial charge in [0.1, 0.15) is 23.6 Å². The summed E-state index contributed by atoms with van der Waals surface area (Å²) in [4.78, 5) is 24.5. The van der Waals surface area contributed by atoms with Crippen LogP contribution in [0.25, 0.3) is 11.0 Å². The fraction of sp³-hybridized carbons (Fsp3) is 0.409. The molecule has 6 nitrogen and oxygen atoms in total. The van der Waals surface area contributed by atoms with Crippen molar-refractivity contribution < 1.29 is 13.6 Å². The number of fused-ring (bicyclic) bond motifs is 1. The molecule has 0 spiro atoms. The smallest absolute Gasteiger partial charge is 0.201 e. The quantitative estimate of drug-likeness (QED) is 0.321. The van der Waals surface area contributed by atoms with Crippen molar-refractivity contribution in [3.63, 3.8) is 0 Å². The van der Waals surface area contributed by atoms with Gasteiger partial charge in [-0.25, -0.2) is 18.7 Å². The van der Waals surface area contributed by atoms with Crippen LogP contribution in [0.4, 0.5) is 20.3 Å². The highest BCUT2D eigenvalue weighted by atomic mass is 32.2. The van der Waals surface area contributed by atoms with Gasteiger partial charge >= 0.3 is 0 Å². The van der Waals surface area contributed by atoms with E-state index < -0.39 is 23.0 Å². The number of benzene rings is 1. The number of nitrogens with one attached hydrogen (secondary N) is 3. The molecule has 3 N–H and O–H groups in total. The first-order chi connectivity index (χ1) is 15.0. The Balaban J connectivity index is 1.67. The summed E-state index contributed by atoms with van der Waals surface area (Å²) in [6.45, 7) is 3.86. The molecule has 1 aliphatic carbocycles. The highest BCUT2D eigenvalue weighted by Gasteiger charge is 2.26. The van der Waals surface area contributed by atoms with Crippen LogP contribution in [0.5, 0.6) is 0 Å². The van der Waals surface area contributed by atoms with Crippen molar-refractivity contribution in [2.75, 3.05) is 10.0 Å². The Morgan fingerprint density at radius 1 is 1.19 bits per heavy atom. The molecule has 0 saturated heterocycles. The SMILES string of the molecule is CC(C)Nc1ncnc2[nH]cc(C(=O)c3c(F)ccc(NSC4CCCCC4)c3F)c12. The lowest BCUT2D eigenvalue weighted by molar-refractivity contribution is 0.103. The van der Waals surface area contributed by atoms with Crippen LogP contribution in [0.1, 0.15) is 61.9 Å². The third-order valence-electron chi connectivity index (χ3n) is 5.35. The van der Waals surface area contributed by atoms with Gasteiger partial charge in [0.25, 0.3) is 0 Å². The molecule has 0 unspecified atom stereocenters. The molecule has 1 saturated carbocycles. The van der Waals surface area contributed by atoms with E-state index in [0.717, 1.165) is 31.7 Å². The predicted octanol–water partition coefficient (Wildman–Crippen LogP) is 5.68. The van der Waals surface area contributed by atoms with Crippen LogP contribution < -0.4 is 10.0 Å². The minimum absolute atomic E-state index is 0.0498. The van der Waals surface area contributed by atoms with Crippen molar-refractivity contribution in [2.45, 2.75) is 57.2 Å². The van der Waals surface area contributed by atoms with Crippen molar-refractivity contribution in [3.05, 3.63) is 47.4 Å². The Morgan fingerprint density at radius 2 is 1.97 bits per heavy atom. The van der Waals surface area contributed by atoms with Gasteiger partial charge in [-0.05, 0) is 50.8 Å². The topological polar surface area (TPSA) is 82.7 Å². The third-order valence-corrected chi connectivity index (χ3v) is 6.49. The van der Waals surface area contributed by atoms with E-state index in [2.05, 4.69) is 25.0 Å². The maximum Gasteiger partial charge on any atom is 0.201 e. The van der Waals surface area contributed by atoms with Crippen LogP contribution in [0, 0.1) is 11.6 Å². The van der Waals surface area contributed by atoms with Crippen LogP contribution in [-0.4, -0.2) is 32.0 Å². The van der Waals surface area contributed by atoms with Gasteiger partial charge in [-0.2, -0.15) is 0 Å².